The molecule has 0 aliphatic carbocycles. The minimum absolute atomic E-state index is 0.0220. The number of aliphatic hydroxyl groups is 2. The van der Waals surface area contributed by atoms with Crippen LogP contribution in [0, 0.1) is 0 Å². The number of aromatic nitrogens is 1. The fourth-order valence-corrected chi connectivity index (χ4v) is 2.08. The molecule has 1 aromatic heterocycles. The minimum atomic E-state index is 0.0220. The van der Waals surface area contributed by atoms with Crippen LogP contribution in [0.4, 0.5) is 5.82 Å². The molecule has 2 rings (SSSR count). The average molecular weight is 262 g/mol. The molecule has 0 spiro atoms. The van der Waals surface area contributed by atoms with Crippen LogP contribution < -0.4 is 9.64 Å². The van der Waals surface area contributed by atoms with E-state index < -0.39 is 0 Å². The highest BCUT2D eigenvalue weighted by Gasteiger charge is 2.11. The van der Waals surface area contributed by atoms with Gasteiger partial charge in [0.15, 0.2) is 0 Å². The van der Waals surface area contributed by atoms with Gasteiger partial charge in [-0.15, -0.1) is 0 Å². The van der Waals surface area contributed by atoms with E-state index in [9.17, 15) is 0 Å². The highest BCUT2D eigenvalue weighted by Crippen LogP contribution is 2.27. The molecule has 0 bridgehead atoms. The molecular formula is C14H18N2O3. The Morgan fingerprint density at radius 3 is 2.53 bits per heavy atom. The lowest BCUT2D eigenvalue weighted by Crippen LogP contribution is -2.30. The summed E-state index contributed by atoms with van der Waals surface area (Å²) in [7, 11) is 1.63. The topological polar surface area (TPSA) is 65.8 Å². The summed E-state index contributed by atoms with van der Waals surface area (Å²) in [6.45, 7) is 0.930. The molecule has 102 valence electrons. The van der Waals surface area contributed by atoms with Gasteiger partial charge in [-0.05, 0) is 29.7 Å². The molecule has 0 aliphatic heterocycles. The Morgan fingerprint density at radius 2 is 1.89 bits per heavy atom. The van der Waals surface area contributed by atoms with Crippen molar-refractivity contribution >= 4 is 16.6 Å². The molecule has 0 radical (unpaired) electrons. The van der Waals surface area contributed by atoms with Crippen molar-refractivity contribution in [1.29, 1.82) is 0 Å². The van der Waals surface area contributed by atoms with E-state index in [1.54, 1.807) is 13.3 Å². The minimum Gasteiger partial charge on any atom is -0.497 e. The van der Waals surface area contributed by atoms with E-state index in [2.05, 4.69) is 4.98 Å². The van der Waals surface area contributed by atoms with E-state index in [1.807, 2.05) is 29.2 Å². The Balaban J connectivity index is 2.46. The summed E-state index contributed by atoms with van der Waals surface area (Å²) in [6, 6.07) is 7.68. The van der Waals surface area contributed by atoms with Gasteiger partial charge in [-0.1, -0.05) is 0 Å². The Kier molecular flexibility index (Phi) is 4.54. The molecular weight excluding hydrogens is 244 g/mol. The third-order valence-electron chi connectivity index (χ3n) is 2.99. The molecule has 5 heteroatoms. The van der Waals surface area contributed by atoms with Gasteiger partial charge in [0, 0.05) is 24.7 Å². The van der Waals surface area contributed by atoms with Crippen LogP contribution in [-0.2, 0) is 0 Å². The first kappa shape index (κ1) is 13.6. The SMILES string of the molecule is COc1ccc2c(N(CCO)CCO)nccc2c1. The quantitative estimate of drug-likeness (QED) is 0.814. The monoisotopic (exact) mass is 262 g/mol. The average Bonchev–Trinajstić information content (AvgIpc) is 2.46. The number of aliphatic hydroxyl groups excluding tert-OH is 2. The summed E-state index contributed by atoms with van der Waals surface area (Å²) in [6.07, 6.45) is 1.72. The first-order valence-corrected chi connectivity index (χ1v) is 6.19. The summed E-state index contributed by atoms with van der Waals surface area (Å²) in [5.74, 6) is 1.56. The molecule has 0 atom stereocenters. The molecule has 0 saturated carbocycles. The summed E-state index contributed by atoms with van der Waals surface area (Å²) in [4.78, 5) is 6.23. The lowest BCUT2D eigenvalue weighted by molar-refractivity contribution is 0.281. The normalized spacial score (nSPS) is 10.7. The van der Waals surface area contributed by atoms with Crippen molar-refractivity contribution in [1.82, 2.24) is 4.98 Å². The lowest BCUT2D eigenvalue weighted by Gasteiger charge is -2.23. The second-order valence-electron chi connectivity index (χ2n) is 4.16. The van der Waals surface area contributed by atoms with Gasteiger partial charge in [-0.25, -0.2) is 4.98 Å². The summed E-state index contributed by atoms with van der Waals surface area (Å²) in [5.41, 5.74) is 0. The molecule has 19 heavy (non-hydrogen) atoms. The number of hydrogen-bond donors (Lipinski definition) is 2. The van der Waals surface area contributed by atoms with E-state index >= 15 is 0 Å². The zero-order chi connectivity index (χ0) is 13.7. The fourth-order valence-electron chi connectivity index (χ4n) is 2.08. The van der Waals surface area contributed by atoms with Crippen LogP contribution in [0.3, 0.4) is 0 Å². The molecule has 2 N–H and O–H groups in total. The van der Waals surface area contributed by atoms with Crippen LogP contribution in [-0.4, -0.2) is 48.6 Å². The highest BCUT2D eigenvalue weighted by molar-refractivity contribution is 5.93. The Labute approximate surface area is 112 Å². The van der Waals surface area contributed by atoms with Crippen LogP contribution in [0.2, 0.25) is 0 Å². The second-order valence-corrected chi connectivity index (χ2v) is 4.16. The van der Waals surface area contributed by atoms with Gasteiger partial charge in [0.05, 0.1) is 20.3 Å². The van der Waals surface area contributed by atoms with Crippen LogP contribution in [0.1, 0.15) is 0 Å². The smallest absolute Gasteiger partial charge is 0.136 e. The number of ether oxygens (including phenoxy) is 1. The maximum atomic E-state index is 9.11. The first-order chi connectivity index (χ1) is 9.30. The van der Waals surface area contributed by atoms with Crippen LogP contribution in [0.5, 0.6) is 5.75 Å². The number of pyridine rings is 1. The number of hydrogen-bond acceptors (Lipinski definition) is 5. The molecule has 0 unspecified atom stereocenters. The number of rotatable bonds is 6. The maximum absolute atomic E-state index is 9.11. The van der Waals surface area contributed by atoms with Crippen molar-refractivity contribution in [2.24, 2.45) is 0 Å². The van der Waals surface area contributed by atoms with Crippen molar-refractivity contribution in [3.8, 4) is 5.75 Å². The van der Waals surface area contributed by atoms with Crippen LogP contribution in [0.25, 0.3) is 10.8 Å². The molecule has 5 nitrogen and oxygen atoms in total. The zero-order valence-electron chi connectivity index (χ0n) is 10.9. The Morgan fingerprint density at radius 1 is 1.16 bits per heavy atom. The number of methoxy groups -OCH3 is 1. The van der Waals surface area contributed by atoms with Crippen LogP contribution in [0.15, 0.2) is 30.5 Å². The van der Waals surface area contributed by atoms with Crippen molar-refractivity contribution in [2.75, 3.05) is 38.3 Å². The van der Waals surface area contributed by atoms with Gasteiger partial charge >= 0.3 is 0 Å². The summed E-state index contributed by atoms with van der Waals surface area (Å²) in [5, 5.41) is 20.2. The third-order valence-corrected chi connectivity index (χ3v) is 2.99. The van der Waals surface area contributed by atoms with Gasteiger partial charge in [0.25, 0.3) is 0 Å². The molecule has 2 aromatic rings. The van der Waals surface area contributed by atoms with Gasteiger partial charge < -0.3 is 19.8 Å². The Bertz CT molecular complexity index is 539. The van der Waals surface area contributed by atoms with Gasteiger partial charge in [0.2, 0.25) is 0 Å². The molecule has 0 fully saturated rings. The maximum Gasteiger partial charge on any atom is 0.136 e. The predicted octanol–water partition coefficient (Wildman–Crippen LogP) is 1.03. The fraction of sp³-hybridized carbons (Fsp3) is 0.357. The zero-order valence-corrected chi connectivity index (χ0v) is 10.9. The van der Waals surface area contributed by atoms with Crippen molar-refractivity contribution < 1.29 is 14.9 Å². The first-order valence-electron chi connectivity index (χ1n) is 6.19. The van der Waals surface area contributed by atoms with Gasteiger partial charge in [-0.2, -0.15) is 0 Å². The molecule has 0 amide bonds. The predicted molar refractivity (Wildman–Crippen MR) is 74.7 cm³/mol. The number of nitrogens with zero attached hydrogens (tertiary/aromatic N) is 2. The molecule has 1 aromatic carbocycles. The third kappa shape index (κ3) is 2.94. The summed E-state index contributed by atoms with van der Waals surface area (Å²) < 4.78 is 5.20. The van der Waals surface area contributed by atoms with Crippen molar-refractivity contribution in [2.45, 2.75) is 0 Å². The number of benzene rings is 1. The van der Waals surface area contributed by atoms with E-state index in [-0.39, 0.29) is 13.2 Å². The van der Waals surface area contributed by atoms with Crippen molar-refractivity contribution in [3.63, 3.8) is 0 Å². The van der Waals surface area contributed by atoms with E-state index in [4.69, 9.17) is 14.9 Å². The molecule has 0 saturated heterocycles. The Hall–Kier alpha value is -1.85. The molecule has 0 aliphatic rings. The summed E-state index contributed by atoms with van der Waals surface area (Å²) >= 11 is 0. The van der Waals surface area contributed by atoms with Crippen molar-refractivity contribution in [3.05, 3.63) is 30.5 Å². The number of fused-ring (bicyclic) bond motifs is 1. The van der Waals surface area contributed by atoms with Gasteiger partial charge in [0.1, 0.15) is 11.6 Å². The number of anilines is 1. The van der Waals surface area contributed by atoms with Crippen LogP contribution >= 0.6 is 0 Å². The largest absolute Gasteiger partial charge is 0.497 e. The van der Waals surface area contributed by atoms with Gasteiger partial charge in [-0.3, -0.25) is 0 Å². The van der Waals surface area contributed by atoms with E-state index in [1.165, 1.54) is 0 Å². The highest BCUT2D eigenvalue weighted by atomic mass is 16.5. The second kappa shape index (κ2) is 6.36. The van der Waals surface area contributed by atoms with E-state index in [0.29, 0.717) is 13.1 Å². The standard InChI is InChI=1S/C14H18N2O3/c1-19-12-2-3-13-11(10-12)4-5-15-14(13)16(6-8-17)7-9-18/h2-5,10,17-18H,6-9H2,1H3. The van der Waals surface area contributed by atoms with E-state index in [0.717, 1.165) is 22.3 Å². The lowest BCUT2D eigenvalue weighted by atomic mass is 10.1. The molecule has 1 heterocycles.